The molecular formula is C28H31N3O3. The molecule has 1 fully saturated rings. The fourth-order valence-corrected chi connectivity index (χ4v) is 4.67. The molecule has 176 valence electrons. The molecule has 0 aliphatic carbocycles. The number of fused-ring (bicyclic) bond motifs is 1. The van der Waals surface area contributed by atoms with Gasteiger partial charge in [-0.2, -0.15) is 0 Å². The molecule has 2 aliphatic heterocycles. The number of likely N-dealkylation sites (tertiary alicyclic amines) is 1. The quantitative estimate of drug-likeness (QED) is 0.537. The molecule has 34 heavy (non-hydrogen) atoms. The van der Waals surface area contributed by atoms with Crippen LogP contribution in [0.1, 0.15) is 29.5 Å². The minimum atomic E-state index is -0.0666. The van der Waals surface area contributed by atoms with Gasteiger partial charge in [0.15, 0.2) is 11.5 Å². The highest BCUT2D eigenvalue weighted by atomic mass is 16.7. The Morgan fingerprint density at radius 2 is 1.68 bits per heavy atom. The summed E-state index contributed by atoms with van der Waals surface area (Å²) in [5.74, 6) is 1.50. The second kappa shape index (κ2) is 10.2. The van der Waals surface area contributed by atoms with Crippen molar-refractivity contribution in [1.29, 1.82) is 0 Å². The van der Waals surface area contributed by atoms with Crippen LogP contribution in [0.4, 0.5) is 10.5 Å². The molecule has 3 aromatic rings. The summed E-state index contributed by atoms with van der Waals surface area (Å²) in [7, 11) is 0. The van der Waals surface area contributed by atoms with E-state index in [4.69, 9.17) is 9.47 Å². The first-order valence-electron chi connectivity index (χ1n) is 11.9. The lowest BCUT2D eigenvalue weighted by molar-refractivity contribution is 0.119. The zero-order chi connectivity index (χ0) is 23.3. The first-order valence-corrected chi connectivity index (χ1v) is 11.9. The Balaban J connectivity index is 1.29. The van der Waals surface area contributed by atoms with Crippen molar-refractivity contribution in [1.82, 2.24) is 9.80 Å². The fraction of sp³-hybridized carbons (Fsp3) is 0.321. The van der Waals surface area contributed by atoms with E-state index in [9.17, 15) is 4.79 Å². The van der Waals surface area contributed by atoms with Crippen molar-refractivity contribution < 1.29 is 14.3 Å². The van der Waals surface area contributed by atoms with Gasteiger partial charge in [-0.25, -0.2) is 4.79 Å². The van der Waals surface area contributed by atoms with Crippen LogP contribution in [0.2, 0.25) is 0 Å². The Morgan fingerprint density at radius 3 is 2.44 bits per heavy atom. The number of anilines is 1. The molecule has 6 heteroatoms. The summed E-state index contributed by atoms with van der Waals surface area (Å²) in [5, 5.41) is 3.11. The van der Waals surface area contributed by atoms with E-state index < -0.39 is 0 Å². The van der Waals surface area contributed by atoms with E-state index in [-0.39, 0.29) is 18.9 Å². The molecule has 0 aromatic heterocycles. The predicted octanol–water partition coefficient (Wildman–Crippen LogP) is 5.42. The Kier molecular flexibility index (Phi) is 6.67. The molecule has 1 saturated heterocycles. The number of carbonyl (C=O) groups is 1. The first kappa shape index (κ1) is 22.3. The summed E-state index contributed by atoms with van der Waals surface area (Å²) >= 11 is 0. The Labute approximate surface area is 201 Å². The van der Waals surface area contributed by atoms with E-state index in [1.807, 2.05) is 54.3 Å². The molecule has 2 amide bonds. The van der Waals surface area contributed by atoms with Crippen LogP contribution >= 0.6 is 0 Å². The van der Waals surface area contributed by atoms with Gasteiger partial charge in [-0.3, -0.25) is 4.90 Å². The Morgan fingerprint density at radius 1 is 0.941 bits per heavy atom. The van der Waals surface area contributed by atoms with Crippen molar-refractivity contribution in [2.24, 2.45) is 0 Å². The number of ether oxygens (including phenoxy) is 2. The predicted molar refractivity (Wildman–Crippen MR) is 133 cm³/mol. The summed E-state index contributed by atoms with van der Waals surface area (Å²) in [5.41, 5.74) is 4.35. The molecule has 0 radical (unpaired) electrons. The Hall–Kier alpha value is -3.51. The molecule has 0 unspecified atom stereocenters. The highest BCUT2D eigenvalue weighted by Gasteiger charge is 2.29. The number of hydrogen-bond donors (Lipinski definition) is 1. The lowest BCUT2D eigenvalue weighted by atomic mass is 10.0. The zero-order valence-electron chi connectivity index (χ0n) is 19.6. The summed E-state index contributed by atoms with van der Waals surface area (Å²) in [6.07, 6.45) is 1.89. The first-order chi connectivity index (χ1) is 16.6. The molecule has 2 heterocycles. The summed E-state index contributed by atoms with van der Waals surface area (Å²) in [4.78, 5) is 17.9. The van der Waals surface area contributed by atoms with Crippen molar-refractivity contribution in [2.75, 3.05) is 25.2 Å². The highest BCUT2D eigenvalue weighted by Crippen LogP contribution is 2.33. The number of carbonyl (C=O) groups excluding carboxylic acids is 1. The number of aryl methyl sites for hydroxylation is 1. The molecule has 5 rings (SSSR count). The van der Waals surface area contributed by atoms with E-state index in [2.05, 4.69) is 40.5 Å². The van der Waals surface area contributed by atoms with Crippen LogP contribution < -0.4 is 14.8 Å². The van der Waals surface area contributed by atoms with Gasteiger partial charge in [-0.1, -0.05) is 54.1 Å². The molecule has 0 saturated carbocycles. The van der Waals surface area contributed by atoms with Crippen molar-refractivity contribution >= 4 is 11.7 Å². The van der Waals surface area contributed by atoms with Gasteiger partial charge in [0.2, 0.25) is 6.79 Å². The van der Waals surface area contributed by atoms with Crippen LogP contribution in [0.3, 0.4) is 0 Å². The SMILES string of the molecule is Cc1ccc(NC(=O)N(Cc2ccc3c(c2)OCO3)C2CCN(Cc3ccccc3)CC2)cc1. The smallest absolute Gasteiger partial charge is 0.322 e. The number of benzene rings is 3. The third-order valence-electron chi connectivity index (χ3n) is 6.60. The maximum atomic E-state index is 13.5. The van der Waals surface area contributed by atoms with Crippen molar-refractivity contribution in [2.45, 2.75) is 38.9 Å². The van der Waals surface area contributed by atoms with E-state index in [1.54, 1.807) is 0 Å². The van der Waals surface area contributed by atoms with E-state index in [0.717, 1.165) is 55.2 Å². The largest absolute Gasteiger partial charge is 0.454 e. The third-order valence-corrected chi connectivity index (χ3v) is 6.60. The van der Waals surface area contributed by atoms with Crippen LogP contribution in [0, 0.1) is 6.92 Å². The lowest BCUT2D eigenvalue weighted by Crippen LogP contribution is -2.48. The summed E-state index contributed by atoms with van der Waals surface area (Å²) < 4.78 is 11.0. The van der Waals surface area contributed by atoms with Gasteiger partial charge >= 0.3 is 6.03 Å². The highest BCUT2D eigenvalue weighted by molar-refractivity contribution is 5.89. The molecule has 0 bridgehead atoms. The summed E-state index contributed by atoms with van der Waals surface area (Å²) in [6.45, 7) is 5.70. The van der Waals surface area contributed by atoms with Gasteiger partial charge in [-0.15, -0.1) is 0 Å². The molecule has 0 atom stereocenters. The van der Waals surface area contributed by atoms with Gasteiger partial charge < -0.3 is 19.7 Å². The average molecular weight is 458 g/mol. The number of nitrogens with zero attached hydrogens (tertiary/aromatic N) is 2. The van der Waals surface area contributed by atoms with Crippen molar-refractivity contribution in [3.8, 4) is 11.5 Å². The molecule has 0 spiro atoms. The van der Waals surface area contributed by atoms with Gasteiger partial charge in [-0.05, 0) is 55.2 Å². The van der Waals surface area contributed by atoms with Crippen molar-refractivity contribution in [3.63, 3.8) is 0 Å². The Bertz CT molecular complexity index is 1110. The van der Waals surface area contributed by atoms with Crippen molar-refractivity contribution in [3.05, 3.63) is 89.5 Å². The van der Waals surface area contributed by atoms with Crippen LogP contribution in [0.25, 0.3) is 0 Å². The topological polar surface area (TPSA) is 54.0 Å². The van der Waals surface area contributed by atoms with Crippen LogP contribution in [-0.2, 0) is 13.1 Å². The zero-order valence-corrected chi connectivity index (χ0v) is 19.6. The van der Waals surface area contributed by atoms with E-state index in [1.165, 1.54) is 11.1 Å². The fourth-order valence-electron chi connectivity index (χ4n) is 4.67. The second-order valence-electron chi connectivity index (χ2n) is 9.10. The molecule has 1 N–H and O–H groups in total. The second-order valence-corrected chi connectivity index (χ2v) is 9.10. The van der Waals surface area contributed by atoms with E-state index >= 15 is 0 Å². The lowest BCUT2D eigenvalue weighted by Gasteiger charge is -2.38. The normalized spacial score (nSPS) is 15.8. The maximum Gasteiger partial charge on any atom is 0.322 e. The van der Waals surface area contributed by atoms with Gasteiger partial charge in [0.25, 0.3) is 0 Å². The number of urea groups is 1. The molecule has 2 aliphatic rings. The maximum absolute atomic E-state index is 13.5. The summed E-state index contributed by atoms with van der Waals surface area (Å²) in [6, 6.07) is 24.5. The van der Waals surface area contributed by atoms with Crippen LogP contribution in [0.5, 0.6) is 11.5 Å². The number of amides is 2. The van der Waals surface area contributed by atoms with Gasteiger partial charge in [0, 0.05) is 37.9 Å². The van der Waals surface area contributed by atoms with Gasteiger partial charge in [0.05, 0.1) is 0 Å². The van der Waals surface area contributed by atoms with E-state index in [0.29, 0.717) is 6.54 Å². The molecule has 3 aromatic carbocycles. The minimum absolute atomic E-state index is 0.0666. The standard InChI is InChI=1S/C28H31N3O3/c1-21-7-10-24(11-8-21)29-28(32)31(19-23-9-12-26-27(17-23)34-20-33-26)25-13-15-30(16-14-25)18-22-5-3-2-4-6-22/h2-12,17,25H,13-16,18-20H2,1H3,(H,29,32). The average Bonchev–Trinajstić information content (AvgIpc) is 3.33. The van der Waals surface area contributed by atoms with Gasteiger partial charge in [0.1, 0.15) is 0 Å². The minimum Gasteiger partial charge on any atom is -0.454 e. The third kappa shape index (κ3) is 5.34. The van der Waals surface area contributed by atoms with Crippen LogP contribution in [-0.4, -0.2) is 41.8 Å². The van der Waals surface area contributed by atoms with Crippen LogP contribution in [0.15, 0.2) is 72.8 Å². The monoisotopic (exact) mass is 457 g/mol. The number of hydrogen-bond acceptors (Lipinski definition) is 4. The molecular weight excluding hydrogens is 426 g/mol. The number of rotatable bonds is 6. The number of nitrogens with one attached hydrogen (secondary N) is 1. The number of piperidine rings is 1. The molecule has 6 nitrogen and oxygen atoms in total.